The molecule has 1 aliphatic heterocycles. The van der Waals surface area contributed by atoms with Crippen LogP contribution in [0.3, 0.4) is 0 Å². The first-order chi connectivity index (χ1) is 12.0. The normalized spacial score (nSPS) is 18.2. The first-order valence-electron chi connectivity index (χ1n) is 7.40. The topological polar surface area (TPSA) is 90.8 Å². The largest absolute Gasteiger partial charge is 0.508 e. The standard InChI is InChI=1S/C17H14BrN3O3S/c18-10-4-6-11(7-5-10)19-15(23)9-14-16(24)21-17(25-14)20-12-2-1-3-13(22)8-12/h1-8,14,22H,9H2,(H,19,23)(H,20,21,24)/t14-/m0/s1. The first kappa shape index (κ1) is 17.5. The smallest absolute Gasteiger partial charge is 0.240 e. The van der Waals surface area contributed by atoms with Crippen LogP contribution in [0.4, 0.5) is 11.4 Å². The molecule has 1 saturated heterocycles. The van der Waals surface area contributed by atoms with Crippen LogP contribution in [0.25, 0.3) is 0 Å². The third-order valence-corrected chi connectivity index (χ3v) is 4.95. The highest BCUT2D eigenvalue weighted by Crippen LogP contribution is 2.27. The zero-order chi connectivity index (χ0) is 17.8. The lowest BCUT2D eigenvalue weighted by atomic mass is 10.2. The van der Waals surface area contributed by atoms with Crippen LogP contribution in [0, 0.1) is 0 Å². The fourth-order valence-corrected chi connectivity index (χ4v) is 3.44. The number of benzene rings is 2. The molecule has 3 N–H and O–H groups in total. The molecule has 8 heteroatoms. The Balaban J connectivity index is 1.61. The lowest BCUT2D eigenvalue weighted by molar-refractivity contribution is -0.122. The van der Waals surface area contributed by atoms with E-state index in [1.807, 2.05) is 12.1 Å². The predicted octanol–water partition coefficient (Wildman–Crippen LogP) is 3.40. The van der Waals surface area contributed by atoms with E-state index in [2.05, 4.69) is 31.6 Å². The van der Waals surface area contributed by atoms with Crippen molar-refractivity contribution in [1.29, 1.82) is 0 Å². The maximum atomic E-state index is 12.1. The maximum absolute atomic E-state index is 12.1. The van der Waals surface area contributed by atoms with Crippen LogP contribution in [0.1, 0.15) is 6.42 Å². The Morgan fingerprint density at radius 1 is 1.28 bits per heavy atom. The minimum absolute atomic E-state index is 0.0472. The van der Waals surface area contributed by atoms with Crippen LogP contribution in [0.2, 0.25) is 0 Å². The summed E-state index contributed by atoms with van der Waals surface area (Å²) in [6.45, 7) is 0. The van der Waals surface area contributed by atoms with Gasteiger partial charge in [-0.2, -0.15) is 0 Å². The third-order valence-electron chi connectivity index (χ3n) is 3.34. The minimum atomic E-state index is -0.536. The van der Waals surface area contributed by atoms with E-state index >= 15 is 0 Å². The zero-order valence-corrected chi connectivity index (χ0v) is 15.3. The number of hydrogen-bond donors (Lipinski definition) is 3. The van der Waals surface area contributed by atoms with E-state index in [-0.39, 0.29) is 24.0 Å². The van der Waals surface area contributed by atoms with Crippen molar-refractivity contribution in [3.63, 3.8) is 0 Å². The number of nitrogens with zero attached hydrogens (tertiary/aromatic N) is 1. The molecule has 0 saturated carbocycles. The van der Waals surface area contributed by atoms with Crippen LogP contribution >= 0.6 is 27.7 Å². The van der Waals surface area contributed by atoms with Gasteiger partial charge in [0.25, 0.3) is 0 Å². The number of phenolic OH excluding ortho intramolecular Hbond substituents is 1. The Morgan fingerprint density at radius 3 is 2.76 bits per heavy atom. The van der Waals surface area contributed by atoms with Crippen LogP contribution in [0.5, 0.6) is 5.75 Å². The first-order valence-corrected chi connectivity index (χ1v) is 9.07. The quantitative estimate of drug-likeness (QED) is 0.707. The number of rotatable bonds is 4. The number of phenols is 1. The van der Waals surface area contributed by atoms with Crippen molar-refractivity contribution in [1.82, 2.24) is 5.32 Å². The minimum Gasteiger partial charge on any atom is -0.508 e. The fourth-order valence-electron chi connectivity index (χ4n) is 2.19. The number of aromatic hydroxyl groups is 1. The molecule has 1 atom stereocenters. The summed E-state index contributed by atoms with van der Waals surface area (Å²) in [7, 11) is 0. The number of carbonyl (C=O) groups is 2. The Morgan fingerprint density at radius 2 is 2.04 bits per heavy atom. The molecule has 2 aromatic carbocycles. The second kappa shape index (κ2) is 7.71. The highest BCUT2D eigenvalue weighted by molar-refractivity contribution is 9.10. The fraction of sp³-hybridized carbons (Fsp3) is 0.118. The van der Waals surface area contributed by atoms with E-state index in [1.165, 1.54) is 17.8 Å². The van der Waals surface area contributed by atoms with Crippen molar-refractivity contribution in [3.05, 3.63) is 53.0 Å². The highest BCUT2D eigenvalue weighted by Gasteiger charge is 2.32. The average molecular weight is 420 g/mol. The Kier molecular flexibility index (Phi) is 5.40. The van der Waals surface area contributed by atoms with Gasteiger partial charge in [0.2, 0.25) is 11.8 Å². The summed E-state index contributed by atoms with van der Waals surface area (Å²) in [5, 5.41) is 14.7. The molecule has 0 spiro atoms. The summed E-state index contributed by atoms with van der Waals surface area (Å²) in [6, 6.07) is 13.6. The molecular weight excluding hydrogens is 406 g/mol. The van der Waals surface area contributed by atoms with Crippen molar-refractivity contribution in [2.45, 2.75) is 11.7 Å². The van der Waals surface area contributed by atoms with Gasteiger partial charge >= 0.3 is 0 Å². The van der Waals surface area contributed by atoms with Gasteiger partial charge in [0.15, 0.2) is 5.17 Å². The molecule has 128 valence electrons. The second-order valence-electron chi connectivity index (χ2n) is 5.29. The highest BCUT2D eigenvalue weighted by atomic mass is 79.9. The van der Waals surface area contributed by atoms with Gasteiger partial charge in [-0.15, -0.1) is 0 Å². The molecule has 3 rings (SSSR count). The monoisotopic (exact) mass is 419 g/mol. The second-order valence-corrected chi connectivity index (χ2v) is 7.40. The van der Waals surface area contributed by atoms with Crippen LogP contribution in [0.15, 0.2) is 58.0 Å². The number of amides is 2. The van der Waals surface area contributed by atoms with E-state index in [4.69, 9.17) is 0 Å². The van der Waals surface area contributed by atoms with Gasteiger partial charge in [-0.05, 0) is 36.4 Å². The van der Waals surface area contributed by atoms with Crippen LogP contribution in [-0.2, 0) is 9.59 Å². The summed E-state index contributed by atoms with van der Waals surface area (Å²) >= 11 is 4.53. The molecule has 25 heavy (non-hydrogen) atoms. The van der Waals surface area contributed by atoms with Crippen LogP contribution < -0.4 is 10.6 Å². The summed E-state index contributed by atoms with van der Waals surface area (Å²) in [4.78, 5) is 28.4. The number of halogens is 1. The molecule has 0 radical (unpaired) electrons. The Labute approximate surface area is 156 Å². The van der Waals surface area contributed by atoms with Gasteiger partial charge in [-0.25, -0.2) is 4.99 Å². The number of amidine groups is 1. The molecule has 6 nitrogen and oxygen atoms in total. The lowest BCUT2D eigenvalue weighted by Gasteiger charge is -2.07. The van der Waals surface area contributed by atoms with Gasteiger partial charge in [-0.3, -0.25) is 9.59 Å². The number of aliphatic imine (C=N–C) groups is 1. The molecule has 0 unspecified atom stereocenters. The molecular formula is C17H14BrN3O3S. The maximum Gasteiger partial charge on any atom is 0.240 e. The lowest BCUT2D eigenvalue weighted by Crippen LogP contribution is -2.28. The van der Waals surface area contributed by atoms with Gasteiger partial charge in [-0.1, -0.05) is 33.8 Å². The summed E-state index contributed by atoms with van der Waals surface area (Å²) in [5.74, 6) is -0.398. The van der Waals surface area contributed by atoms with E-state index < -0.39 is 5.25 Å². The Bertz CT molecular complexity index is 839. The van der Waals surface area contributed by atoms with Crippen molar-refractivity contribution in [2.24, 2.45) is 4.99 Å². The summed E-state index contributed by atoms with van der Waals surface area (Å²) in [5.41, 5.74) is 1.20. The number of nitrogens with one attached hydrogen (secondary N) is 2. The predicted molar refractivity (Wildman–Crippen MR) is 102 cm³/mol. The summed E-state index contributed by atoms with van der Waals surface area (Å²) < 4.78 is 0.920. The van der Waals surface area contributed by atoms with Gasteiger partial charge in [0, 0.05) is 22.6 Å². The van der Waals surface area contributed by atoms with Gasteiger partial charge in [0.05, 0.1) is 5.69 Å². The van der Waals surface area contributed by atoms with Crippen molar-refractivity contribution in [2.75, 3.05) is 5.32 Å². The zero-order valence-electron chi connectivity index (χ0n) is 12.9. The molecule has 2 aromatic rings. The average Bonchev–Trinajstić information content (AvgIpc) is 2.89. The molecule has 2 amide bonds. The van der Waals surface area contributed by atoms with Gasteiger partial charge in [0.1, 0.15) is 11.0 Å². The molecule has 0 bridgehead atoms. The summed E-state index contributed by atoms with van der Waals surface area (Å²) in [6.07, 6.45) is 0.0472. The van der Waals surface area contributed by atoms with E-state index in [1.54, 1.807) is 30.3 Å². The van der Waals surface area contributed by atoms with Crippen molar-refractivity contribution < 1.29 is 14.7 Å². The molecule has 1 heterocycles. The SMILES string of the molecule is O=C(C[C@@H]1SC(=Nc2cccc(O)c2)NC1=O)Nc1ccc(Br)cc1. The number of carbonyl (C=O) groups excluding carboxylic acids is 2. The van der Waals surface area contributed by atoms with Crippen molar-refractivity contribution >= 4 is 56.0 Å². The Hall–Kier alpha value is -2.32. The van der Waals surface area contributed by atoms with E-state index in [9.17, 15) is 14.7 Å². The van der Waals surface area contributed by atoms with Crippen LogP contribution in [-0.4, -0.2) is 27.3 Å². The molecule has 1 aliphatic rings. The van der Waals surface area contributed by atoms with E-state index in [0.717, 1.165) is 4.47 Å². The number of thioether (sulfide) groups is 1. The number of anilines is 1. The molecule has 0 aliphatic carbocycles. The molecule has 0 aromatic heterocycles. The van der Waals surface area contributed by atoms with E-state index in [0.29, 0.717) is 16.5 Å². The third kappa shape index (κ3) is 4.83. The number of hydrogen-bond acceptors (Lipinski definition) is 5. The van der Waals surface area contributed by atoms with Crippen molar-refractivity contribution in [3.8, 4) is 5.75 Å². The van der Waals surface area contributed by atoms with Gasteiger partial charge < -0.3 is 15.7 Å². The molecule has 1 fully saturated rings.